The zero-order valence-corrected chi connectivity index (χ0v) is 27.9. The number of hydrogen-bond donors (Lipinski definition) is 1. The number of rotatable bonds is 14. The Bertz CT molecular complexity index is 1650. The summed E-state index contributed by atoms with van der Waals surface area (Å²) in [5.74, 6) is -0.512. The van der Waals surface area contributed by atoms with Crippen molar-refractivity contribution in [1.82, 2.24) is 10.2 Å². The third-order valence-electron chi connectivity index (χ3n) is 7.03. The van der Waals surface area contributed by atoms with Crippen LogP contribution in [0.1, 0.15) is 38.3 Å². The number of hydrogen-bond acceptors (Lipinski definition) is 7. The first-order chi connectivity index (χ1) is 21.2. The Kier molecular flexibility index (Phi) is 12.2. The number of methoxy groups -OCH3 is 1. The SMILES string of the molecule is CC[C@@H](C(=O)NCC(C)C)N(Cc1ccc(Cl)cc1Cl)C(=O)CN(c1ccc(OC)cc1)S(=O)(=O)c1ccc(C)c([N+](=O)[O-])c1. The van der Waals surface area contributed by atoms with E-state index >= 15 is 0 Å². The normalized spacial score (nSPS) is 12.0. The van der Waals surface area contributed by atoms with Crippen LogP contribution < -0.4 is 14.4 Å². The Morgan fingerprint density at radius 3 is 2.27 bits per heavy atom. The molecule has 45 heavy (non-hydrogen) atoms. The largest absolute Gasteiger partial charge is 0.497 e. The summed E-state index contributed by atoms with van der Waals surface area (Å²) in [6.07, 6.45) is 0.223. The van der Waals surface area contributed by atoms with Crippen LogP contribution in [0.5, 0.6) is 5.75 Å². The molecule has 242 valence electrons. The van der Waals surface area contributed by atoms with E-state index < -0.39 is 39.3 Å². The van der Waals surface area contributed by atoms with Crippen LogP contribution in [0.3, 0.4) is 0 Å². The van der Waals surface area contributed by atoms with Crippen molar-refractivity contribution >= 4 is 56.4 Å². The Balaban J connectivity index is 2.13. The van der Waals surface area contributed by atoms with Crippen LogP contribution in [0.25, 0.3) is 0 Å². The quantitative estimate of drug-likeness (QED) is 0.163. The second-order valence-electron chi connectivity index (χ2n) is 10.7. The number of sulfonamides is 1. The van der Waals surface area contributed by atoms with Gasteiger partial charge in [0.05, 0.1) is 22.6 Å². The van der Waals surface area contributed by atoms with Gasteiger partial charge in [0.25, 0.3) is 15.7 Å². The molecule has 0 bridgehead atoms. The van der Waals surface area contributed by atoms with Gasteiger partial charge in [-0.05, 0) is 67.3 Å². The highest BCUT2D eigenvalue weighted by molar-refractivity contribution is 7.92. The number of nitrogens with zero attached hydrogens (tertiary/aromatic N) is 3. The molecular formula is C31H36Cl2N4O7S. The lowest BCUT2D eigenvalue weighted by atomic mass is 10.1. The van der Waals surface area contributed by atoms with Crippen LogP contribution in [0.4, 0.5) is 11.4 Å². The lowest BCUT2D eigenvalue weighted by molar-refractivity contribution is -0.385. The van der Waals surface area contributed by atoms with Crippen molar-refractivity contribution in [3.8, 4) is 5.75 Å². The van der Waals surface area contributed by atoms with Crippen molar-refractivity contribution in [3.63, 3.8) is 0 Å². The van der Waals surface area contributed by atoms with E-state index in [0.29, 0.717) is 22.9 Å². The maximum atomic E-state index is 14.2. The maximum Gasteiger partial charge on any atom is 0.273 e. The molecule has 11 nitrogen and oxygen atoms in total. The number of nitro benzene ring substituents is 1. The molecular weight excluding hydrogens is 643 g/mol. The zero-order valence-electron chi connectivity index (χ0n) is 25.6. The number of carbonyl (C=O) groups is 2. The van der Waals surface area contributed by atoms with Crippen LogP contribution in [0.2, 0.25) is 10.0 Å². The van der Waals surface area contributed by atoms with Gasteiger partial charge < -0.3 is 15.0 Å². The highest BCUT2D eigenvalue weighted by Crippen LogP contribution is 2.30. The number of carbonyl (C=O) groups excluding carboxylic acids is 2. The van der Waals surface area contributed by atoms with Crippen LogP contribution in [0.15, 0.2) is 65.6 Å². The lowest BCUT2D eigenvalue weighted by Crippen LogP contribution is -2.52. The Morgan fingerprint density at radius 2 is 1.71 bits per heavy atom. The number of anilines is 1. The number of nitro groups is 1. The molecule has 3 rings (SSSR count). The average Bonchev–Trinajstić information content (AvgIpc) is 2.99. The van der Waals surface area contributed by atoms with Gasteiger partial charge in [-0.25, -0.2) is 8.42 Å². The van der Waals surface area contributed by atoms with E-state index in [0.717, 1.165) is 10.4 Å². The number of ether oxygens (including phenoxy) is 1. The van der Waals surface area contributed by atoms with Gasteiger partial charge in [0.15, 0.2) is 0 Å². The first-order valence-electron chi connectivity index (χ1n) is 14.1. The molecule has 0 aliphatic carbocycles. The number of nitrogens with one attached hydrogen (secondary N) is 1. The third kappa shape index (κ3) is 8.86. The molecule has 1 N–H and O–H groups in total. The van der Waals surface area contributed by atoms with Crippen LogP contribution in [-0.2, 0) is 26.2 Å². The maximum absolute atomic E-state index is 14.2. The van der Waals surface area contributed by atoms with Gasteiger partial charge in [0.1, 0.15) is 18.3 Å². The summed E-state index contributed by atoms with van der Waals surface area (Å²) in [5.41, 5.74) is 0.492. The van der Waals surface area contributed by atoms with Crippen molar-refractivity contribution in [3.05, 3.63) is 92.0 Å². The fourth-order valence-corrected chi connectivity index (χ4v) is 6.43. The second kappa shape index (κ2) is 15.4. The zero-order chi connectivity index (χ0) is 33.5. The van der Waals surface area contributed by atoms with E-state index in [9.17, 15) is 28.1 Å². The van der Waals surface area contributed by atoms with E-state index in [2.05, 4.69) is 5.32 Å². The summed E-state index contributed by atoms with van der Waals surface area (Å²) in [5, 5.41) is 15.1. The average molecular weight is 680 g/mol. The first kappa shape index (κ1) is 35.6. The summed E-state index contributed by atoms with van der Waals surface area (Å²) < 4.78 is 34.3. The Morgan fingerprint density at radius 1 is 1.04 bits per heavy atom. The van der Waals surface area contributed by atoms with Crippen molar-refractivity contribution in [2.24, 2.45) is 5.92 Å². The molecule has 0 unspecified atom stereocenters. The summed E-state index contributed by atoms with van der Waals surface area (Å²) in [4.78, 5) is 39.5. The van der Waals surface area contributed by atoms with Crippen LogP contribution in [0, 0.1) is 23.0 Å². The Labute approximate surface area is 273 Å². The molecule has 0 aromatic heterocycles. The molecule has 3 aromatic rings. The molecule has 0 aliphatic rings. The van der Waals surface area contributed by atoms with Crippen LogP contribution in [-0.4, -0.2) is 56.3 Å². The van der Waals surface area contributed by atoms with Gasteiger partial charge in [0, 0.05) is 34.8 Å². The molecule has 0 saturated heterocycles. The van der Waals surface area contributed by atoms with Gasteiger partial charge in [-0.1, -0.05) is 56.1 Å². The summed E-state index contributed by atoms with van der Waals surface area (Å²) in [6, 6.07) is 13.3. The van der Waals surface area contributed by atoms with Crippen molar-refractivity contribution in [2.45, 2.75) is 51.6 Å². The number of halogens is 2. The second-order valence-corrected chi connectivity index (χ2v) is 13.4. The van der Waals surface area contributed by atoms with Crippen LogP contribution >= 0.6 is 23.2 Å². The van der Waals surface area contributed by atoms with E-state index in [1.807, 2.05) is 13.8 Å². The highest BCUT2D eigenvalue weighted by Gasteiger charge is 2.34. The fourth-order valence-electron chi connectivity index (χ4n) is 4.53. The molecule has 0 spiro atoms. The van der Waals surface area contributed by atoms with Gasteiger partial charge in [-0.15, -0.1) is 0 Å². The molecule has 0 heterocycles. The highest BCUT2D eigenvalue weighted by atomic mass is 35.5. The van der Waals surface area contributed by atoms with Crippen molar-refractivity contribution in [1.29, 1.82) is 0 Å². The smallest absolute Gasteiger partial charge is 0.273 e. The molecule has 14 heteroatoms. The van der Waals surface area contributed by atoms with E-state index in [4.69, 9.17) is 27.9 Å². The van der Waals surface area contributed by atoms with Gasteiger partial charge in [-0.2, -0.15) is 0 Å². The Hall–Kier alpha value is -3.87. The number of amides is 2. The number of benzene rings is 3. The topological polar surface area (TPSA) is 139 Å². The summed E-state index contributed by atoms with van der Waals surface area (Å²) in [7, 11) is -3.09. The van der Waals surface area contributed by atoms with E-state index in [1.165, 1.54) is 61.4 Å². The predicted molar refractivity (Wildman–Crippen MR) is 174 cm³/mol. The van der Waals surface area contributed by atoms with Crippen molar-refractivity contribution in [2.75, 3.05) is 24.5 Å². The lowest BCUT2D eigenvalue weighted by Gasteiger charge is -2.33. The number of aryl methyl sites for hydroxylation is 1. The van der Waals surface area contributed by atoms with E-state index in [1.54, 1.807) is 19.1 Å². The molecule has 1 atom stereocenters. The summed E-state index contributed by atoms with van der Waals surface area (Å²) >= 11 is 12.5. The predicted octanol–water partition coefficient (Wildman–Crippen LogP) is 5.99. The minimum atomic E-state index is -4.54. The van der Waals surface area contributed by atoms with E-state index in [-0.39, 0.29) is 45.7 Å². The molecule has 0 fully saturated rings. The molecule has 0 saturated carbocycles. The minimum Gasteiger partial charge on any atom is -0.497 e. The first-order valence-corrected chi connectivity index (χ1v) is 16.3. The standard InChI is InChI=1S/C31H36Cl2N4O7S/c1-6-28(31(39)34-17-20(2)3)35(18-22-8-9-23(32)15-27(22)33)30(38)19-36(24-10-12-25(44-5)13-11-24)45(42,43)26-14-7-21(4)29(16-26)37(40)41/h7-16,20,28H,6,17-19H2,1-5H3,(H,34,39)/t28-/m0/s1. The van der Waals surface area contributed by atoms with Gasteiger partial charge in [-0.3, -0.25) is 24.0 Å². The molecule has 2 amide bonds. The summed E-state index contributed by atoms with van der Waals surface area (Å²) in [6.45, 7) is 6.64. The minimum absolute atomic E-state index is 0.106. The fraction of sp³-hybridized carbons (Fsp3) is 0.355. The third-order valence-corrected chi connectivity index (χ3v) is 9.39. The molecule has 0 aliphatic heterocycles. The monoisotopic (exact) mass is 678 g/mol. The molecule has 3 aromatic carbocycles. The van der Waals surface area contributed by atoms with Gasteiger partial charge >= 0.3 is 0 Å². The molecule has 0 radical (unpaired) electrons. The van der Waals surface area contributed by atoms with Crippen molar-refractivity contribution < 1.29 is 27.7 Å². The van der Waals surface area contributed by atoms with Gasteiger partial charge in [0.2, 0.25) is 11.8 Å².